The molecule has 18 heavy (non-hydrogen) atoms. The maximum Gasteiger partial charge on any atom is 0.323 e. The summed E-state index contributed by atoms with van der Waals surface area (Å²) in [7, 11) is 3.28. The lowest BCUT2D eigenvalue weighted by Crippen LogP contribution is -2.48. The van der Waals surface area contributed by atoms with Crippen LogP contribution >= 0.6 is 0 Å². The van der Waals surface area contributed by atoms with Gasteiger partial charge in [-0.1, -0.05) is 0 Å². The molecule has 0 aromatic rings. The summed E-state index contributed by atoms with van der Waals surface area (Å²) in [6.45, 7) is 1.46. The fourth-order valence-electron chi connectivity index (χ4n) is 2.91. The average molecular weight is 262 g/mol. The van der Waals surface area contributed by atoms with Gasteiger partial charge in [-0.3, -0.25) is 9.69 Å². The van der Waals surface area contributed by atoms with E-state index in [0.717, 1.165) is 25.9 Å². The minimum atomic E-state index is -2.78. The van der Waals surface area contributed by atoms with Gasteiger partial charge >= 0.3 is 5.97 Å². The van der Waals surface area contributed by atoms with Crippen LogP contribution in [0.4, 0.5) is 8.78 Å². The average Bonchev–Trinajstić information content (AvgIpc) is 2.65. The number of hydrogen-bond donors (Lipinski definition) is 0. The molecule has 0 spiro atoms. The highest BCUT2D eigenvalue weighted by Gasteiger charge is 2.50. The highest BCUT2D eigenvalue weighted by atomic mass is 19.3. The van der Waals surface area contributed by atoms with Crippen molar-refractivity contribution in [1.29, 1.82) is 0 Å². The molecule has 1 atom stereocenters. The lowest BCUT2D eigenvalue weighted by Gasteiger charge is -2.37. The Morgan fingerprint density at radius 3 is 2.50 bits per heavy atom. The Balaban J connectivity index is 2.06. The van der Waals surface area contributed by atoms with Crippen molar-refractivity contribution >= 4 is 5.97 Å². The highest BCUT2D eigenvalue weighted by molar-refractivity contribution is 5.76. The number of likely N-dealkylation sites (tertiary alicyclic amines) is 2. The molecule has 0 bridgehead atoms. The number of carbonyl (C=O) groups is 1. The van der Waals surface area contributed by atoms with Crippen LogP contribution in [-0.2, 0) is 9.53 Å². The van der Waals surface area contributed by atoms with Gasteiger partial charge in [0, 0.05) is 12.5 Å². The minimum absolute atomic E-state index is 0.0682. The van der Waals surface area contributed by atoms with E-state index in [1.165, 1.54) is 7.11 Å². The fraction of sp³-hybridized carbons (Fsp3) is 0.917. The number of ether oxygens (including phenoxy) is 1. The van der Waals surface area contributed by atoms with Crippen molar-refractivity contribution in [2.24, 2.45) is 0 Å². The van der Waals surface area contributed by atoms with Crippen molar-refractivity contribution in [3.63, 3.8) is 0 Å². The molecule has 0 radical (unpaired) electrons. The second kappa shape index (κ2) is 5.09. The molecule has 2 fully saturated rings. The predicted molar refractivity (Wildman–Crippen MR) is 62.6 cm³/mol. The molecule has 0 aliphatic carbocycles. The third-order valence-corrected chi connectivity index (χ3v) is 3.94. The molecular formula is C12H20F2N2O2. The van der Waals surface area contributed by atoms with Crippen LogP contribution in [0.5, 0.6) is 0 Å². The summed E-state index contributed by atoms with van der Waals surface area (Å²) in [5.74, 6) is -3.31. The van der Waals surface area contributed by atoms with Crippen LogP contribution in [0.2, 0.25) is 0 Å². The van der Waals surface area contributed by atoms with Crippen molar-refractivity contribution in [3.05, 3.63) is 0 Å². The van der Waals surface area contributed by atoms with Crippen LogP contribution in [0, 0.1) is 0 Å². The number of esters is 1. The van der Waals surface area contributed by atoms with E-state index in [-0.39, 0.29) is 12.6 Å². The molecule has 0 aromatic carbocycles. The minimum Gasteiger partial charge on any atom is -0.468 e. The number of piperidine rings is 1. The van der Waals surface area contributed by atoms with E-state index in [1.54, 1.807) is 4.90 Å². The van der Waals surface area contributed by atoms with Gasteiger partial charge in [-0.15, -0.1) is 0 Å². The number of halogens is 2. The number of rotatable bonds is 2. The molecule has 2 heterocycles. The summed E-state index contributed by atoms with van der Waals surface area (Å²) in [4.78, 5) is 15.4. The van der Waals surface area contributed by atoms with E-state index < -0.39 is 24.4 Å². The Labute approximate surface area is 106 Å². The Morgan fingerprint density at radius 2 is 1.94 bits per heavy atom. The summed E-state index contributed by atoms with van der Waals surface area (Å²) in [5.41, 5.74) is 0. The van der Waals surface area contributed by atoms with Crippen molar-refractivity contribution in [3.8, 4) is 0 Å². The van der Waals surface area contributed by atoms with E-state index in [0.29, 0.717) is 0 Å². The normalized spacial score (nSPS) is 30.6. The number of nitrogens with zero attached hydrogens (tertiary/aromatic N) is 2. The van der Waals surface area contributed by atoms with Gasteiger partial charge < -0.3 is 9.64 Å². The van der Waals surface area contributed by atoms with Crippen LogP contribution in [0.25, 0.3) is 0 Å². The van der Waals surface area contributed by atoms with Gasteiger partial charge in [-0.2, -0.15) is 0 Å². The van der Waals surface area contributed by atoms with Crippen LogP contribution in [0.3, 0.4) is 0 Å². The molecule has 104 valence electrons. The van der Waals surface area contributed by atoms with Gasteiger partial charge in [0.1, 0.15) is 6.04 Å². The van der Waals surface area contributed by atoms with Gasteiger partial charge in [-0.25, -0.2) is 8.78 Å². The summed E-state index contributed by atoms with van der Waals surface area (Å²) >= 11 is 0. The SMILES string of the molecule is COC(=O)[C@H]1CC(F)(F)CN1C1CCN(C)CC1. The third kappa shape index (κ3) is 2.80. The molecule has 2 aliphatic heterocycles. The fourth-order valence-corrected chi connectivity index (χ4v) is 2.91. The molecule has 0 amide bonds. The van der Waals surface area contributed by atoms with Gasteiger partial charge in [0.05, 0.1) is 13.7 Å². The smallest absolute Gasteiger partial charge is 0.323 e. The van der Waals surface area contributed by atoms with E-state index in [9.17, 15) is 13.6 Å². The quantitative estimate of drug-likeness (QED) is 0.694. The first-order valence-electron chi connectivity index (χ1n) is 6.33. The van der Waals surface area contributed by atoms with Gasteiger partial charge in [0.25, 0.3) is 5.92 Å². The summed E-state index contributed by atoms with van der Waals surface area (Å²) < 4.78 is 31.7. The molecule has 0 aromatic heterocycles. The van der Waals surface area contributed by atoms with E-state index in [4.69, 9.17) is 0 Å². The molecule has 0 saturated carbocycles. The van der Waals surface area contributed by atoms with Crippen molar-refractivity contribution in [1.82, 2.24) is 9.80 Å². The van der Waals surface area contributed by atoms with E-state index >= 15 is 0 Å². The monoisotopic (exact) mass is 262 g/mol. The Bertz CT molecular complexity index is 317. The maximum atomic E-state index is 13.5. The van der Waals surface area contributed by atoms with Crippen molar-refractivity contribution < 1.29 is 18.3 Å². The first-order chi connectivity index (χ1) is 8.43. The van der Waals surface area contributed by atoms with Crippen molar-refractivity contribution in [2.45, 2.75) is 37.3 Å². The molecule has 2 aliphatic rings. The molecule has 0 unspecified atom stereocenters. The molecule has 6 heteroatoms. The largest absolute Gasteiger partial charge is 0.468 e. The van der Waals surface area contributed by atoms with Crippen LogP contribution in [0.1, 0.15) is 19.3 Å². The third-order valence-electron chi connectivity index (χ3n) is 3.94. The zero-order valence-electron chi connectivity index (χ0n) is 10.9. The van der Waals surface area contributed by atoms with E-state index in [1.807, 2.05) is 7.05 Å². The second-order valence-electron chi connectivity index (χ2n) is 5.31. The second-order valence-corrected chi connectivity index (χ2v) is 5.31. The zero-order chi connectivity index (χ0) is 13.3. The lowest BCUT2D eigenvalue weighted by molar-refractivity contribution is -0.147. The predicted octanol–water partition coefficient (Wildman–Crippen LogP) is 0.963. The van der Waals surface area contributed by atoms with Gasteiger partial charge in [0.2, 0.25) is 0 Å². The van der Waals surface area contributed by atoms with E-state index in [2.05, 4.69) is 9.64 Å². The summed E-state index contributed by atoms with van der Waals surface area (Å²) in [6, 6.07) is -0.711. The molecule has 2 rings (SSSR count). The Morgan fingerprint density at radius 1 is 1.33 bits per heavy atom. The zero-order valence-corrected chi connectivity index (χ0v) is 10.9. The topological polar surface area (TPSA) is 32.8 Å². The standard InChI is InChI=1S/C12H20F2N2O2/c1-15-5-3-9(4-6-15)16-8-12(13,14)7-10(16)11(17)18-2/h9-10H,3-8H2,1-2H3/t10-/m1/s1. The Kier molecular flexibility index (Phi) is 3.87. The van der Waals surface area contributed by atoms with Crippen LogP contribution in [-0.4, -0.2) is 67.6 Å². The number of methoxy groups -OCH3 is 1. The number of carbonyl (C=O) groups excluding carboxylic acids is 1. The summed E-state index contributed by atoms with van der Waals surface area (Å²) in [6.07, 6.45) is 1.26. The lowest BCUT2D eigenvalue weighted by atomic mass is 10.0. The first kappa shape index (κ1) is 13.7. The molecule has 2 saturated heterocycles. The molecule has 4 nitrogen and oxygen atoms in total. The number of alkyl halides is 2. The maximum absolute atomic E-state index is 13.5. The first-order valence-corrected chi connectivity index (χ1v) is 6.33. The van der Waals surface area contributed by atoms with Gasteiger partial charge in [-0.05, 0) is 33.0 Å². The molecular weight excluding hydrogens is 242 g/mol. The number of hydrogen-bond acceptors (Lipinski definition) is 4. The Hall–Kier alpha value is -0.750. The molecule has 0 N–H and O–H groups in total. The summed E-state index contributed by atoms with van der Waals surface area (Å²) in [5, 5.41) is 0. The van der Waals surface area contributed by atoms with Crippen LogP contribution in [0.15, 0.2) is 0 Å². The van der Waals surface area contributed by atoms with Crippen LogP contribution < -0.4 is 0 Å². The highest BCUT2D eigenvalue weighted by Crippen LogP contribution is 2.35. The van der Waals surface area contributed by atoms with Crippen molar-refractivity contribution in [2.75, 3.05) is 33.8 Å². The van der Waals surface area contributed by atoms with Gasteiger partial charge in [0.15, 0.2) is 0 Å².